The minimum absolute atomic E-state index is 0.0350. The number of hydrogen-bond donors (Lipinski definition) is 2. The zero-order valence-electron chi connectivity index (χ0n) is 23.2. The number of carbonyl (C=O) groups excluding carboxylic acids is 3. The molecule has 0 bridgehead atoms. The Morgan fingerprint density at radius 2 is 1.82 bits per heavy atom. The van der Waals surface area contributed by atoms with Gasteiger partial charge in [0.25, 0.3) is 17.7 Å². The van der Waals surface area contributed by atoms with Gasteiger partial charge in [0.2, 0.25) is 6.10 Å². The third-order valence-electron chi connectivity index (χ3n) is 7.81. The van der Waals surface area contributed by atoms with E-state index in [2.05, 4.69) is 10.5 Å². The zero-order chi connectivity index (χ0) is 31.0. The molecule has 0 spiro atoms. The van der Waals surface area contributed by atoms with E-state index in [0.29, 0.717) is 36.5 Å². The number of oxime groups is 1. The first-order valence-corrected chi connectivity index (χ1v) is 14.2. The number of carboxylic acids is 1. The molecule has 0 aromatic heterocycles. The molecule has 0 radical (unpaired) electrons. The Kier molecular flexibility index (Phi) is 8.02. The molecule has 1 fully saturated rings. The maximum atomic E-state index is 14.7. The number of fused-ring (bicyclic) bond motifs is 1. The Morgan fingerprint density at radius 3 is 2.57 bits per heavy atom. The first-order chi connectivity index (χ1) is 21.2. The lowest BCUT2D eigenvalue weighted by Gasteiger charge is -2.39. The number of rotatable bonds is 6. The molecule has 0 aliphatic carbocycles. The normalized spacial score (nSPS) is 19.6. The van der Waals surface area contributed by atoms with Crippen LogP contribution in [0.3, 0.4) is 0 Å². The van der Waals surface area contributed by atoms with Crippen molar-refractivity contribution in [1.82, 2.24) is 4.90 Å². The van der Waals surface area contributed by atoms with Crippen molar-refractivity contribution in [1.29, 1.82) is 0 Å². The van der Waals surface area contributed by atoms with Gasteiger partial charge in [0.1, 0.15) is 12.6 Å². The standard InChI is InChI=1S/C31H26ClFN4O7/c32-22-5-1-4-21(27(22)33)23-15-25(44-35-23)30(40)37-12-11-19-20(3-2-6-24(19)36-13-14-43-16-26(36)38)28(37)29(39)34-18-9-7-17(8-10-18)31(41)42/h1-10,25,28H,11-16H2,(H,34,39)(H,41,42)/t25?,28-/m0/s1. The second-order valence-electron chi connectivity index (χ2n) is 10.4. The van der Waals surface area contributed by atoms with Gasteiger partial charge in [-0.1, -0.05) is 35.0 Å². The van der Waals surface area contributed by atoms with E-state index in [9.17, 15) is 28.7 Å². The summed E-state index contributed by atoms with van der Waals surface area (Å²) in [6.07, 6.45) is -0.797. The lowest BCUT2D eigenvalue weighted by Crippen LogP contribution is -2.50. The van der Waals surface area contributed by atoms with Crippen LogP contribution < -0.4 is 10.2 Å². The largest absolute Gasteiger partial charge is 0.478 e. The van der Waals surface area contributed by atoms with Gasteiger partial charge >= 0.3 is 5.97 Å². The van der Waals surface area contributed by atoms with Crippen molar-refractivity contribution in [2.75, 3.05) is 36.5 Å². The van der Waals surface area contributed by atoms with E-state index in [1.165, 1.54) is 41.3 Å². The fourth-order valence-corrected chi connectivity index (χ4v) is 5.86. The summed E-state index contributed by atoms with van der Waals surface area (Å²) in [5.41, 5.74) is 2.64. The summed E-state index contributed by atoms with van der Waals surface area (Å²) in [4.78, 5) is 60.4. The predicted molar refractivity (Wildman–Crippen MR) is 157 cm³/mol. The van der Waals surface area contributed by atoms with Crippen LogP contribution in [0.25, 0.3) is 0 Å². The Labute approximate surface area is 255 Å². The molecule has 13 heteroatoms. The molecule has 11 nitrogen and oxygen atoms in total. The molecule has 0 saturated carbocycles. The molecule has 3 aromatic rings. The highest BCUT2D eigenvalue weighted by Gasteiger charge is 2.42. The number of benzene rings is 3. The molecule has 3 heterocycles. The average Bonchev–Trinajstić information content (AvgIpc) is 3.52. The minimum Gasteiger partial charge on any atom is -0.478 e. The molecule has 44 heavy (non-hydrogen) atoms. The molecule has 1 saturated heterocycles. The lowest BCUT2D eigenvalue weighted by molar-refractivity contribution is -0.148. The van der Waals surface area contributed by atoms with Crippen LogP contribution in [-0.4, -0.2) is 71.8 Å². The number of halogens is 2. The van der Waals surface area contributed by atoms with E-state index in [-0.39, 0.29) is 47.3 Å². The number of anilines is 2. The van der Waals surface area contributed by atoms with E-state index < -0.39 is 35.7 Å². The zero-order valence-corrected chi connectivity index (χ0v) is 23.9. The summed E-state index contributed by atoms with van der Waals surface area (Å²) >= 11 is 5.93. The molecular formula is C31H26ClFN4O7. The molecule has 226 valence electrons. The van der Waals surface area contributed by atoms with Crippen molar-refractivity contribution >= 4 is 52.4 Å². The number of ether oxygens (including phenoxy) is 1. The number of hydrogen-bond acceptors (Lipinski definition) is 7. The monoisotopic (exact) mass is 620 g/mol. The quantitative estimate of drug-likeness (QED) is 0.428. The van der Waals surface area contributed by atoms with E-state index in [1.54, 1.807) is 29.2 Å². The van der Waals surface area contributed by atoms with Gasteiger partial charge in [0, 0.05) is 36.4 Å². The summed E-state index contributed by atoms with van der Waals surface area (Å²) in [7, 11) is 0. The summed E-state index contributed by atoms with van der Waals surface area (Å²) in [5, 5.41) is 15.9. The van der Waals surface area contributed by atoms with E-state index in [0.717, 1.165) is 5.56 Å². The molecule has 3 aliphatic heterocycles. The Bertz CT molecular complexity index is 1700. The summed E-state index contributed by atoms with van der Waals surface area (Å²) in [5.74, 6) is -3.06. The summed E-state index contributed by atoms with van der Waals surface area (Å²) < 4.78 is 20.0. The minimum atomic E-state index is -1.13. The topological polar surface area (TPSA) is 138 Å². The smallest absolute Gasteiger partial charge is 0.335 e. The van der Waals surface area contributed by atoms with Crippen LogP contribution in [-0.2, 0) is 30.4 Å². The second-order valence-corrected chi connectivity index (χ2v) is 10.8. The van der Waals surface area contributed by atoms with Gasteiger partial charge in [-0.3, -0.25) is 14.4 Å². The number of carbonyl (C=O) groups is 4. The van der Waals surface area contributed by atoms with Crippen LogP contribution in [0.15, 0.2) is 65.8 Å². The Balaban J connectivity index is 1.32. The van der Waals surface area contributed by atoms with Crippen molar-refractivity contribution in [2.24, 2.45) is 5.16 Å². The number of amides is 3. The van der Waals surface area contributed by atoms with Crippen LogP contribution in [0.4, 0.5) is 15.8 Å². The van der Waals surface area contributed by atoms with Crippen LogP contribution >= 0.6 is 11.6 Å². The van der Waals surface area contributed by atoms with E-state index in [4.69, 9.17) is 21.2 Å². The maximum absolute atomic E-state index is 14.7. The molecule has 1 unspecified atom stereocenters. The number of carboxylic acid groups (broad SMARTS) is 1. The fraction of sp³-hybridized carbons (Fsp3) is 0.258. The molecule has 6 rings (SSSR count). The SMILES string of the molecule is O=C(O)c1ccc(NC(=O)[C@@H]2c3cccc(N4CCOCC4=O)c3CCN2C(=O)C2CC(c3cccc(Cl)c3F)=NO2)cc1. The van der Waals surface area contributed by atoms with Crippen LogP contribution in [0.1, 0.15) is 39.5 Å². The summed E-state index contributed by atoms with van der Waals surface area (Å²) in [6.45, 7) is 0.781. The molecule has 3 aromatic carbocycles. The van der Waals surface area contributed by atoms with Crippen LogP contribution in [0, 0.1) is 5.82 Å². The van der Waals surface area contributed by atoms with Gasteiger partial charge in [-0.05, 0) is 60.0 Å². The van der Waals surface area contributed by atoms with E-state index >= 15 is 0 Å². The van der Waals surface area contributed by atoms with Crippen molar-refractivity contribution in [3.63, 3.8) is 0 Å². The van der Waals surface area contributed by atoms with Gasteiger partial charge in [-0.25, -0.2) is 9.18 Å². The predicted octanol–water partition coefficient (Wildman–Crippen LogP) is 3.80. The molecule has 2 atom stereocenters. The number of morpholine rings is 1. The van der Waals surface area contributed by atoms with Crippen molar-refractivity contribution in [3.05, 3.63) is 93.8 Å². The van der Waals surface area contributed by atoms with Crippen LogP contribution in [0.2, 0.25) is 5.02 Å². The van der Waals surface area contributed by atoms with Gasteiger partial charge in [0.05, 0.1) is 22.9 Å². The number of aromatic carboxylic acids is 1. The summed E-state index contributed by atoms with van der Waals surface area (Å²) in [6, 6.07) is 14.2. The molecule has 3 aliphatic rings. The second kappa shape index (κ2) is 12.1. The number of nitrogens with one attached hydrogen (secondary N) is 1. The van der Waals surface area contributed by atoms with Crippen molar-refractivity contribution in [3.8, 4) is 0 Å². The van der Waals surface area contributed by atoms with Crippen LogP contribution in [0.5, 0.6) is 0 Å². The first-order valence-electron chi connectivity index (χ1n) is 13.8. The maximum Gasteiger partial charge on any atom is 0.335 e. The van der Waals surface area contributed by atoms with Gasteiger partial charge in [0.15, 0.2) is 5.82 Å². The van der Waals surface area contributed by atoms with E-state index in [1.807, 2.05) is 0 Å². The first kappa shape index (κ1) is 29.3. The Morgan fingerprint density at radius 1 is 1.05 bits per heavy atom. The highest BCUT2D eigenvalue weighted by molar-refractivity contribution is 6.31. The highest BCUT2D eigenvalue weighted by atomic mass is 35.5. The van der Waals surface area contributed by atoms with Gasteiger partial charge in [-0.2, -0.15) is 0 Å². The van der Waals surface area contributed by atoms with Crippen molar-refractivity contribution < 1.29 is 38.2 Å². The third-order valence-corrected chi connectivity index (χ3v) is 8.10. The van der Waals surface area contributed by atoms with Gasteiger partial charge in [-0.15, -0.1) is 0 Å². The highest BCUT2D eigenvalue weighted by Crippen LogP contribution is 2.38. The van der Waals surface area contributed by atoms with Gasteiger partial charge < -0.3 is 29.8 Å². The Hall–Kier alpha value is -4.81. The molecular weight excluding hydrogens is 595 g/mol. The average molecular weight is 621 g/mol. The third kappa shape index (κ3) is 5.49. The lowest BCUT2D eigenvalue weighted by atomic mass is 9.89. The molecule has 3 amide bonds. The number of nitrogens with zero attached hydrogens (tertiary/aromatic N) is 3. The fourth-order valence-electron chi connectivity index (χ4n) is 5.68. The molecule has 2 N–H and O–H groups in total. The van der Waals surface area contributed by atoms with Crippen molar-refractivity contribution in [2.45, 2.75) is 25.0 Å².